The molecule has 1 aliphatic heterocycles. The summed E-state index contributed by atoms with van der Waals surface area (Å²) in [5, 5.41) is 5.37. The maximum absolute atomic E-state index is 13.2. The number of hydrogen-bond acceptors (Lipinski definition) is 5. The molecule has 0 aliphatic carbocycles. The summed E-state index contributed by atoms with van der Waals surface area (Å²) in [6.07, 6.45) is 1.73. The van der Waals surface area contributed by atoms with Crippen LogP contribution in [0.3, 0.4) is 0 Å². The second-order valence-electron chi connectivity index (χ2n) is 7.30. The van der Waals surface area contributed by atoms with E-state index in [1.54, 1.807) is 24.3 Å². The standard InChI is InChI=1S/C21H29N3O5/c1-5-12-21(15-10-8-7-9-11-15)19(27)24(20(28)23-21)13-16(25)22-17(14(3)6-2)18(26)29-4/h7-11,14,17H,5-6,12-13H2,1-4H3,(H,22,25)(H,23,28)/t14-,17-,21-/m0/s1. The third-order valence-electron chi connectivity index (χ3n) is 5.35. The molecule has 1 heterocycles. The average Bonchev–Trinajstić information content (AvgIpc) is 2.96. The minimum Gasteiger partial charge on any atom is -0.467 e. The second-order valence-corrected chi connectivity index (χ2v) is 7.30. The van der Waals surface area contributed by atoms with Gasteiger partial charge in [-0.3, -0.25) is 14.5 Å². The number of amides is 4. The lowest BCUT2D eigenvalue weighted by atomic mass is 9.85. The van der Waals surface area contributed by atoms with E-state index in [1.165, 1.54) is 7.11 Å². The Kier molecular flexibility index (Phi) is 7.36. The lowest BCUT2D eigenvalue weighted by Crippen LogP contribution is -2.50. The molecule has 4 amide bonds. The number of ether oxygens (including phenoxy) is 1. The highest BCUT2D eigenvalue weighted by Crippen LogP contribution is 2.33. The number of urea groups is 1. The monoisotopic (exact) mass is 403 g/mol. The zero-order valence-electron chi connectivity index (χ0n) is 17.4. The number of carbonyl (C=O) groups excluding carboxylic acids is 4. The van der Waals surface area contributed by atoms with Gasteiger partial charge in [0.15, 0.2) is 0 Å². The first-order valence-electron chi connectivity index (χ1n) is 9.87. The number of benzene rings is 1. The van der Waals surface area contributed by atoms with Crippen LogP contribution < -0.4 is 10.6 Å². The van der Waals surface area contributed by atoms with E-state index in [1.807, 2.05) is 26.8 Å². The number of carbonyl (C=O) groups is 4. The number of nitrogens with one attached hydrogen (secondary N) is 2. The van der Waals surface area contributed by atoms with Gasteiger partial charge < -0.3 is 15.4 Å². The molecule has 8 nitrogen and oxygen atoms in total. The number of imide groups is 1. The molecular formula is C21H29N3O5. The van der Waals surface area contributed by atoms with Gasteiger partial charge in [0.25, 0.3) is 5.91 Å². The molecule has 1 saturated heterocycles. The van der Waals surface area contributed by atoms with E-state index in [4.69, 9.17) is 4.74 Å². The van der Waals surface area contributed by atoms with Crippen molar-refractivity contribution in [2.75, 3.05) is 13.7 Å². The number of nitrogens with zero attached hydrogens (tertiary/aromatic N) is 1. The van der Waals surface area contributed by atoms with Crippen LogP contribution in [-0.4, -0.2) is 48.4 Å². The second kappa shape index (κ2) is 9.54. The molecule has 2 N–H and O–H groups in total. The Morgan fingerprint density at radius 1 is 1.21 bits per heavy atom. The zero-order chi connectivity index (χ0) is 21.6. The van der Waals surface area contributed by atoms with Crippen molar-refractivity contribution in [3.63, 3.8) is 0 Å². The Morgan fingerprint density at radius 3 is 2.41 bits per heavy atom. The summed E-state index contributed by atoms with van der Waals surface area (Å²) in [7, 11) is 1.25. The van der Waals surface area contributed by atoms with E-state index in [9.17, 15) is 19.2 Å². The number of hydrogen-bond donors (Lipinski definition) is 2. The van der Waals surface area contributed by atoms with Gasteiger partial charge in [-0.15, -0.1) is 0 Å². The van der Waals surface area contributed by atoms with Crippen molar-refractivity contribution in [1.82, 2.24) is 15.5 Å². The lowest BCUT2D eigenvalue weighted by Gasteiger charge is -2.27. The van der Waals surface area contributed by atoms with Crippen molar-refractivity contribution in [2.24, 2.45) is 5.92 Å². The molecule has 0 radical (unpaired) electrons. The van der Waals surface area contributed by atoms with Crippen molar-refractivity contribution in [2.45, 2.75) is 51.6 Å². The molecule has 0 aromatic heterocycles. The van der Waals surface area contributed by atoms with Gasteiger partial charge >= 0.3 is 12.0 Å². The zero-order valence-corrected chi connectivity index (χ0v) is 17.4. The normalized spacial score (nSPS) is 20.8. The Hall–Kier alpha value is -2.90. The SMILES string of the molecule is CCC[C@@]1(c2ccccc2)NC(=O)N(CC(=O)N[C@H](C(=O)OC)[C@@H](C)CC)C1=O. The van der Waals surface area contributed by atoms with Crippen molar-refractivity contribution >= 4 is 23.8 Å². The summed E-state index contributed by atoms with van der Waals surface area (Å²) in [5.74, 6) is -1.78. The molecule has 0 bridgehead atoms. The molecular weight excluding hydrogens is 374 g/mol. The van der Waals surface area contributed by atoms with E-state index >= 15 is 0 Å². The molecule has 3 atom stereocenters. The molecule has 1 aromatic carbocycles. The molecule has 29 heavy (non-hydrogen) atoms. The fourth-order valence-corrected chi connectivity index (χ4v) is 3.54. The molecule has 0 saturated carbocycles. The van der Waals surface area contributed by atoms with E-state index in [2.05, 4.69) is 10.6 Å². The van der Waals surface area contributed by atoms with Gasteiger partial charge in [-0.1, -0.05) is 63.9 Å². The van der Waals surface area contributed by atoms with Gasteiger partial charge in [0.05, 0.1) is 7.11 Å². The summed E-state index contributed by atoms with van der Waals surface area (Å²) in [5.41, 5.74) is -0.513. The van der Waals surface area contributed by atoms with Gasteiger partial charge in [0.1, 0.15) is 18.1 Å². The van der Waals surface area contributed by atoms with Crippen LogP contribution in [0.25, 0.3) is 0 Å². The van der Waals surface area contributed by atoms with Crippen LogP contribution in [0.15, 0.2) is 30.3 Å². The Labute approximate surface area is 171 Å². The van der Waals surface area contributed by atoms with Crippen LogP contribution in [0.1, 0.15) is 45.6 Å². The Balaban J connectivity index is 2.20. The minimum absolute atomic E-state index is 0.155. The smallest absolute Gasteiger partial charge is 0.328 e. The third kappa shape index (κ3) is 4.58. The van der Waals surface area contributed by atoms with Crippen molar-refractivity contribution < 1.29 is 23.9 Å². The fourth-order valence-electron chi connectivity index (χ4n) is 3.54. The van der Waals surface area contributed by atoms with Crippen molar-refractivity contribution in [1.29, 1.82) is 0 Å². The molecule has 158 valence electrons. The van der Waals surface area contributed by atoms with Gasteiger partial charge in [-0.05, 0) is 17.9 Å². The number of methoxy groups -OCH3 is 1. The van der Waals surface area contributed by atoms with Crippen LogP contribution in [0.2, 0.25) is 0 Å². The summed E-state index contributed by atoms with van der Waals surface area (Å²) < 4.78 is 4.76. The quantitative estimate of drug-likeness (QED) is 0.484. The predicted molar refractivity (Wildman–Crippen MR) is 107 cm³/mol. The average molecular weight is 403 g/mol. The summed E-state index contributed by atoms with van der Waals surface area (Å²) in [4.78, 5) is 51.2. The molecule has 1 aromatic rings. The number of esters is 1. The largest absolute Gasteiger partial charge is 0.467 e. The maximum Gasteiger partial charge on any atom is 0.328 e. The molecule has 1 aliphatic rings. The van der Waals surface area contributed by atoms with Crippen LogP contribution in [0, 0.1) is 5.92 Å². The molecule has 1 fully saturated rings. The maximum atomic E-state index is 13.2. The van der Waals surface area contributed by atoms with E-state index < -0.39 is 41.9 Å². The van der Waals surface area contributed by atoms with Gasteiger partial charge in [0, 0.05) is 0 Å². The van der Waals surface area contributed by atoms with Crippen molar-refractivity contribution in [3.05, 3.63) is 35.9 Å². The van der Waals surface area contributed by atoms with Crippen molar-refractivity contribution in [3.8, 4) is 0 Å². The topological polar surface area (TPSA) is 105 Å². The molecule has 8 heteroatoms. The number of rotatable bonds is 9. The predicted octanol–water partition coefficient (Wildman–Crippen LogP) is 1.94. The highest BCUT2D eigenvalue weighted by Gasteiger charge is 2.52. The van der Waals surface area contributed by atoms with Gasteiger partial charge in [-0.2, -0.15) is 0 Å². The van der Waals surface area contributed by atoms with Crippen LogP contribution in [0.5, 0.6) is 0 Å². The van der Waals surface area contributed by atoms with Gasteiger partial charge in [0.2, 0.25) is 5.91 Å². The first-order valence-corrected chi connectivity index (χ1v) is 9.87. The van der Waals surface area contributed by atoms with Crippen LogP contribution >= 0.6 is 0 Å². The summed E-state index contributed by atoms with van der Waals surface area (Å²) >= 11 is 0. The van der Waals surface area contributed by atoms with Crippen LogP contribution in [-0.2, 0) is 24.7 Å². The first-order chi connectivity index (χ1) is 13.8. The Bertz CT molecular complexity index is 767. The molecule has 0 unspecified atom stereocenters. The Morgan fingerprint density at radius 2 is 1.86 bits per heavy atom. The molecule has 2 rings (SSSR count). The molecule has 0 spiro atoms. The van der Waals surface area contributed by atoms with E-state index in [-0.39, 0.29) is 5.92 Å². The van der Waals surface area contributed by atoms with E-state index in [0.717, 1.165) is 4.90 Å². The summed E-state index contributed by atoms with van der Waals surface area (Å²) in [6, 6.07) is 7.54. The highest BCUT2D eigenvalue weighted by atomic mass is 16.5. The minimum atomic E-state index is -1.19. The lowest BCUT2D eigenvalue weighted by molar-refractivity contribution is -0.146. The van der Waals surface area contributed by atoms with E-state index in [0.29, 0.717) is 24.8 Å². The van der Waals surface area contributed by atoms with Gasteiger partial charge in [-0.25, -0.2) is 9.59 Å². The third-order valence-corrected chi connectivity index (χ3v) is 5.35. The highest BCUT2D eigenvalue weighted by molar-refractivity contribution is 6.09. The van der Waals surface area contributed by atoms with Crippen LogP contribution in [0.4, 0.5) is 4.79 Å². The summed E-state index contributed by atoms with van der Waals surface area (Å²) in [6.45, 7) is 5.17. The first kappa shape index (κ1) is 22.4. The fraction of sp³-hybridized carbons (Fsp3) is 0.524.